The fourth-order valence-electron chi connectivity index (χ4n) is 11.4. The first kappa shape index (κ1) is 75.6. The summed E-state index contributed by atoms with van der Waals surface area (Å²) in [6, 6.07) is -0.549. The van der Waals surface area contributed by atoms with Crippen molar-refractivity contribution < 1.29 is 24.5 Å². The van der Waals surface area contributed by atoms with E-state index in [9.17, 15) is 19.8 Å². The molecule has 77 heavy (non-hydrogen) atoms. The van der Waals surface area contributed by atoms with Gasteiger partial charge in [-0.1, -0.05) is 353 Å². The van der Waals surface area contributed by atoms with Crippen LogP contribution in [0.2, 0.25) is 0 Å². The zero-order chi connectivity index (χ0) is 55.7. The van der Waals surface area contributed by atoms with Crippen LogP contribution in [-0.2, 0) is 14.3 Å². The molecule has 0 spiro atoms. The number of hydrogen-bond acceptors (Lipinski definition) is 5. The number of aliphatic hydroxyl groups excluding tert-OH is 2. The summed E-state index contributed by atoms with van der Waals surface area (Å²) in [5.41, 5.74) is 0. The molecule has 6 nitrogen and oxygen atoms in total. The van der Waals surface area contributed by atoms with Gasteiger partial charge in [-0.3, -0.25) is 9.59 Å². The standard InChI is InChI=1S/C71H139NO5/c1-3-5-7-9-11-13-15-17-19-21-23-24-25-26-28-31-35-39-43-47-51-55-59-63-69(74)68(67-73)72-70(75)64-60-56-52-48-44-40-36-32-29-27-30-34-38-42-46-50-54-58-62-66-77-71(76)65-61-57-53-49-45-41-37-33-22-20-18-16-14-12-10-8-6-4-2/h27,29,68-69,73-74H,3-26,28,30-67H2,1-2H3,(H,72,75)/b29-27-. The molecule has 0 saturated carbocycles. The Balaban J connectivity index is 3.41. The third-order valence-corrected chi connectivity index (χ3v) is 16.8. The van der Waals surface area contributed by atoms with Gasteiger partial charge >= 0.3 is 5.97 Å². The Morgan fingerprint density at radius 2 is 0.610 bits per heavy atom. The molecule has 0 saturated heterocycles. The number of unbranched alkanes of at least 4 members (excludes halogenated alkanes) is 54. The smallest absolute Gasteiger partial charge is 0.305 e. The van der Waals surface area contributed by atoms with Gasteiger partial charge in [-0.25, -0.2) is 0 Å². The lowest BCUT2D eigenvalue weighted by atomic mass is 10.0. The van der Waals surface area contributed by atoms with Crippen molar-refractivity contribution in [1.29, 1.82) is 0 Å². The summed E-state index contributed by atoms with van der Waals surface area (Å²) >= 11 is 0. The Bertz CT molecular complexity index is 1160. The van der Waals surface area contributed by atoms with Crippen LogP contribution in [0.1, 0.15) is 406 Å². The summed E-state index contributed by atoms with van der Waals surface area (Å²) in [7, 11) is 0. The van der Waals surface area contributed by atoms with Gasteiger partial charge in [0, 0.05) is 12.8 Å². The number of rotatable bonds is 67. The summed E-state index contributed by atoms with van der Waals surface area (Å²) in [6.45, 7) is 4.99. The van der Waals surface area contributed by atoms with Crippen molar-refractivity contribution in [3.8, 4) is 0 Å². The molecule has 0 aromatic rings. The van der Waals surface area contributed by atoms with E-state index in [1.54, 1.807) is 0 Å². The summed E-state index contributed by atoms with van der Waals surface area (Å²) < 4.78 is 5.50. The first-order valence-electron chi connectivity index (χ1n) is 35.4. The van der Waals surface area contributed by atoms with Gasteiger partial charge < -0.3 is 20.3 Å². The number of amides is 1. The first-order valence-corrected chi connectivity index (χ1v) is 35.4. The van der Waals surface area contributed by atoms with Crippen LogP contribution in [0.3, 0.4) is 0 Å². The Hall–Kier alpha value is -1.40. The molecule has 0 aliphatic carbocycles. The van der Waals surface area contributed by atoms with Crippen molar-refractivity contribution in [2.24, 2.45) is 0 Å². The zero-order valence-corrected chi connectivity index (χ0v) is 52.5. The molecule has 0 aromatic heterocycles. The molecular weight excluding hydrogens is 947 g/mol. The second-order valence-corrected chi connectivity index (χ2v) is 24.6. The predicted octanol–water partition coefficient (Wildman–Crippen LogP) is 22.8. The minimum absolute atomic E-state index is 0.00978. The fraction of sp³-hybridized carbons (Fsp3) is 0.944. The molecule has 458 valence electrons. The summed E-state index contributed by atoms with van der Waals surface area (Å²) in [6.07, 6.45) is 82.5. The van der Waals surface area contributed by atoms with Crippen molar-refractivity contribution in [3.63, 3.8) is 0 Å². The van der Waals surface area contributed by atoms with Crippen molar-refractivity contribution in [2.75, 3.05) is 13.2 Å². The molecule has 6 heteroatoms. The Kier molecular flexibility index (Phi) is 65.9. The highest BCUT2D eigenvalue weighted by molar-refractivity contribution is 5.76. The van der Waals surface area contributed by atoms with Crippen molar-refractivity contribution in [2.45, 2.75) is 418 Å². The molecule has 2 unspecified atom stereocenters. The highest BCUT2D eigenvalue weighted by Gasteiger charge is 2.20. The largest absolute Gasteiger partial charge is 0.466 e. The maximum atomic E-state index is 12.5. The zero-order valence-electron chi connectivity index (χ0n) is 52.5. The third kappa shape index (κ3) is 63.6. The van der Waals surface area contributed by atoms with Gasteiger partial charge in [0.05, 0.1) is 25.4 Å². The van der Waals surface area contributed by atoms with Crippen LogP contribution < -0.4 is 5.32 Å². The van der Waals surface area contributed by atoms with E-state index in [1.165, 1.54) is 334 Å². The molecule has 3 N–H and O–H groups in total. The molecule has 0 heterocycles. The molecule has 0 radical (unpaired) electrons. The lowest BCUT2D eigenvalue weighted by Gasteiger charge is -2.22. The van der Waals surface area contributed by atoms with Crippen LogP contribution in [0.5, 0.6) is 0 Å². The molecule has 0 aliphatic heterocycles. The maximum Gasteiger partial charge on any atom is 0.305 e. The van der Waals surface area contributed by atoms with Gasteiger partial charge in [-0.15, -0.1) is 0 Å². The second-order valence-electron chi connectivity index (χ2n) is 24.6. The number of hydrogen-bond donors (Lipinski definition) is 3. The van der Waals surface area contributed by atoms with E-state index in [4.69, 9.17) is 4.74 Å². The average Bonchev–Trinajstić information content (AvgIpc) is 3.43. The lowest BCUT2D eigenvalue weighted by Crippen LogP contribution is -2.45. The Morgan fingerprint density at radius 3 is 0.922 bits per heavy atom. The van der Waals surface area contributed by atoms with Crippen molar-refractivity contribution in [3.05, 3.63) is 12.2 Å². The van der Waals surface area contributed by atoms with Gasteiger partial charge in [-0.05, 0) is 51.4 Å². The van der Waals surface area contributed by atoms with Crippen molar-refractivity contribution in [1.82, 2.24) is 5.32 Å². The summed E-state index contributed by atoms with van der Waals surface area (Å²) in [5.74, 6) is -0.0297. The summed E-state index contributed by atoms with van der Waals surface area (Å²) in [5, 5.41) is 23.4. The quantitative estimate of drug-likeness (QED) is 0.0320. The van der Waals surface area contributed by atoms with E-state index in [0.29, 0.717) is 25.9 Å². The first-order chi connectivity index (χ1) is 38.0. The number of carbonyl (C=O) groups is 2. The Morgan fingerprint density at radius 1 is 0.351 bits per heavy atom. The molecule has 0 aromatic carbocycles. The number of allylic oxidation sites excluding steroid dienone is 2. The van der Waals surface area contributed by atoms with Crippen LogP contribution in [0.25, 0.3) is 0 Å². The van der Waals surface area contributed by atoms with Gasteiger partial charge in [0.1, 0.15) is 0 Å². The number of esters is 1. The van der Waals surface area contributed by atoms with E-state index in [2.05, 4.69) is 31.3 Å². The molecule has 0 aliphatic rings. The molecular formula is C71H139NO5. The maximum absolute atomic E-state index is 12.5. The highest BCUT2D eigenvalue weighted by Crippen LogP contribution is 2.19. The van der Waals surface area contributed by atoms with E-state index >= 15 is 0 Å². The molecule has 0 fully saturated rings. The number of ether oxygens (including phenoxy) is 1. The van der Waals surface area contributed by atoms with E-state index < -0.39 is 12.1 Å². The number of carbonyl (C=O) groups excluding carboxylic acids is 2. The molecule has 0 rings (SSSR count). The lowest BCUT2D eigenvalue weighted by molar-refractivity contribution is -0.143. The molecule has 0 bridgehead atoms. The van der Waals surface area contributed by atoms with Gasteiger partial charge in [-0.2, -0.15) is 0 Å². The van der Waals surface area contributed by atoms with Crippen LogP contribution in [0, 0.1) is 0 Å². The SMILES string of the molecule is CCCCCCCCCCCCCCCCCCCCCCCCCC(O)C(CO)NC(=O)CCCCCCCCC/C=C\CCCCCCCCCCOC(=O)CCCCCCCCCCCCCCCCCCCC. The topological polar surface area (TPSA) is 95.9 Å². The molecule has 2 atom stereocenters. The van der Waals surface area contributed by atoms with E-state index in [-0.39, 0.29) is 18.5 Å². The average molecular weight is 1090 g/mol. The highest BCUT2D eigenvalue weighted by atomic mass is 16.5. The monoisotopic (exact) mass is 1090 g/mol. The normalized spacial score (nSPS) is 12.5. The number of aliphatic hydroxyl groups is 2. The van der Waals surface area contributed by atoms with E-state index in [1.807, 2.05) is 0 Å². The minimum Gasteiger partial charge on any atom is -0.466 e. The minimum atomic E-state index is -0.671. The van der Waals surface area contributed by atoms with Crippen LogP contribution in [-0.4, -0.2) is 47.4 Å². The van der Waals surface area contributed by atoms with Gasteiger partial charge in [0.15, 0.2) is 0 Å². The third-order valence-electron chi connectivity index (χ3n) is 16.8. The predicted molar refractivity (Wildman–Crippen MR) is 338 cm³/mol. The van der Waals surface area contributed by atoms with Crippen molar-refractivity contribution >= 4 is 11.9 Å². The van der Waals surface area contributed by atoms with E-state index in [0.717, 1.165) is 38.5 Å². The van der Waals surface area contributed by atoms with Crippen LogP contribution in [0.4, 0.5) is 0 Å². The van der Waals surface area contributed by atoms with Crippen LogP contribution >= 0.6 is 0 Å². The molecule has 1 amide bonds. The number of nitrogens with one attached hydrogen (secondary N) is 1. The van der Waals surface area contributed by atoms with Crippen LogP contribution in [0.15, 0.2) is 12.2 Å². The van der Waals surface area contributed by atoms with Gasteiger partial charge in [0.25, 0.3) is 0 Å². The Labute approximate surface area is 482 Å². The summed E-state index contributed by atoms with van der Waals surface area (Å²) in [4.78, 5) is 24.7. The fourth-order valence-corrected chi connectivity index (χ4v) is 11.4. The second kappa shape index (κ2) is 67.1. The van der Waals surface area contributed by atoms with Gasteiger partial charge in [0.2, 0.25) is 5.91 Å².